The highest BCUT2D eigenvalue weighted by Gasteiger charge is 2.21. The standard InChI is InChI=1S/C24H21BrN2O3/c25-21-8-4-3-7-20(21)24(29)27-18-11-9-17(10-12-18)23(28)26-15-22-19-6-2-1-5-16(19)13-14-30-22/h1-12,22H,13-15H2,(H,26,28)(H,27,29)/t22-/m1/s1. The molecule has 0 spiro atoms. The Bertz CT molecular complexity index is 1070. The molecule has 0 saturated carbocycles. The van der Waals surface area contributed by atoms with Gasteiger partial charge in [-0.2, -0.15) is 0 Å². The van der Waals surface area contributed by atoms with E-state index in [2.05, 4.69) is 32.6 Å². The minimum Gasteiger partial charge on any atom is -0.371 e. The highest BCUT2D eigenvalue weighted by molar-refractivity contribution is 9.10. The van der Waals surface area contributed by atoms with E-state index in [1.54, 1.807) is 30.3 Å². The number of hydrogen-bond donors (Lipinski definition) is 2. The molecular weight excluding hydrogens is 444 g/mol. The molecule has 152 valence electrons. The second-order valence-electron chi connectivity index (χ2n) is 7.03. The summed E-state index contributed by atoms with van der Waals surface area (Å²) in [6.07, 6.45) is 0.759. The zero-order valence-corrected chi connectivity index (χ0v) is 17.8. The average molecular weight is 465 g/mol. The molecule has 6 heteroatoms. The summed E-state index contributed by atoms with van der Waals surface area (Å²) in [4.78, 5) is 24.9. The van der Waals surface area contributed by atoms with Crippen molar-refractivity contribution >= 4 is 33.4 Å². The van der Waals surface area contributed by atoms with E-state index in [0.29, 0.717) is 30.0 Å². The number of hydrogen-bond acceptors (Lipinski definition) is 3. The van der Waals surface area contributed by atoms with E-state index >= 15 is 0 Å². The SMILES string of the molecule is O=C(NC[C@H]1OCCc2ccccc21)c1ccc(NC(=O)c2ccccc2Br)cc1. The summed E-state index contributed by atoms with van der Waals surface area (Å²) in [5.74, 6) is -0.391. The first kappa shape index (κ1) is 20.3. The van der Waals surface area contributed by atoms with Crippen LogP contribution in [0.5, 0.6) is 0 Å². The summed E-state index contributed by atoms with van der Waals surface area (Å²) >= 11 is 3.38. The van der Waals surface area contributed by atoms with Crippen LogP contribution in [0.1, 0.15) is 37.9 Å². The third-order valence-corrected chi connectivity index (χ3v) is 5.76. The maximum absolute atomic E-state index is 12.5. The lowest BCUT2D eigenvalue weighted by molar-refractivity contribution is 0.0411. The molecule has 0 aliphatic carbocycles. The molecule has 0 saturated heterocycles. The van der Waals surface area contributed by atoms with Gasteiger partial charge in [-0.05, 0) is 69.9 Å². The fraction of sp³-hybridized carbons (Fsp3) is 0.167. The Morgan fingerprint density at radius 1 is 0.933 bits per heavy atom. The van der Waals surface area contributed by atoms with Crippen molar-refractivity contribution in [1.82, 2.24) is 5.32 Å². The van der Waals surface area contributed by atoms with Crippen LogP contribution >= 0.6 is 15.9 Å². The highest BCUT2D eigenvalue weighted by atomic mass is 79.9. The molecule has 2 N–H and O–H groups in total. The molecule has 2 amide bonds. The van der Waals surface area contributed by atoms with Crippen LogP contribution in [-0.4, -0.2) is 25.0 Å². The van der Waals surface area contributed by atoms with Gasteiger partial charge in [0.25, 0.3) is 11.8 Å². The maximum Gasteiger partial charge on any atom is 0.256 e. The monoisotopic (exact) mass is 464 g/mol. The first-order valence-corrected chi connectivity index (χ1v) is 10.5. The van der Waals surface area contributed by atoms with Gasteiger partial charge >= 0.3 is 0 Å². The number of fused-ring (bicyclic) bond motifs is 1. The van der Waals surface area contributed by atoms with E-state index in [4.69, 9.17) is 4.74 Å². The Morgan fingerprint density at radius 2 is 1.67 bits per heavy atom. The quantitative estimate of drug-likeness (QED) is 0.572. The molecule has 1 aliphatic heterocycles. The number of rotatable bonds is 5. The number of halogens is 1. The summed E-state index contributed by atoms with van der Waals surface area (Å²) in [5, 5.41) is 5.78. The van der Waals surface area contributed by atoms with Crippen LogP contribution in [-0.2, 0) is 11.2 Å². The van der Waals surface area contributed by atoms with E-state index in [-0.39, 0.29) is 17.9 Å². The van der Waals surface area contributed by atoms with Crippen molar-refractivity contribution in [2.24, 2.45) is 0 Å². The highest BCUT2D eigenvalue weighted by Crippen LogP contribution is 2.26. The summed E-state index contributed by atoms with van der Waals surface area (Å²) in [7, 11) is 0. The Kier molecular flexibility index (Phi) is 6.26. The van der Waals surface area contributed by atoms with Crippen molar-refractivity contribution in [3.8, 4) is 0 Å². The third-order valence-electron chi connectivity index (χ3n) is 5.06. The van der Waals surface area contributed by atoms with Gasteiger partial charge in [-0.3, -0.25) is 9.59 Å². The Morgan fingerprint density at radius 3 is 2.47 bits per heavy atom. The molecule has 0 aromatic heterocycles. The van der Waals surface area contributed by atoms with Gasteiger partial charge in [0.2, 0.25) is 0 Å². The van der Waals surface area contributed by atoms with Gasteiger partial charge in [0.15, 0.2) is 0 Å². The van der Waals surface area contributed by atoms with Crippen LogP contribution < -0.4 is 10.6 Å². The van der Waals surface area contributed by atoms with Crippen LogP contribution in [0, 0.1) is 0 Å². The minimum atomic E-state index is -0.215. The Labute approximate surface area is 183 Å². The number of nitrogens with one attached hydrogen (secondary N) is 2. The number of amides is 2. The molecule has 5 nitrogen and oxygen atoms in total. The van der Waals surface area contributed by atoms with Gasteiger partial charge in [-0.15, -0.1) is 0 Å². The number of ether oxygens (including phenoxy) is 1. The molecule has 0 fully saturated rings. The molecule has 3 aromatic carbocycles. The van der Waals surface area contributed by atoms with Gasteiger partial charge in [-0.1, -0.05) is 36.4 Å². The minimum absolute atomic E-state index is 0.137. The topological polar surface area (TPSA) is 67.4 Å². The lowest BCUT2D eigenvalue weighted by Gasteiger charge is -2.26. The van der Waals surface area contributed by atoms with Crippen molar-refractivity contribution < 1.29 is 14.3 Å². The van der Waals surface area contributed by atoms with Crippen molar-refractivity contribution in [2.75, 3.05) is 18.5 Å². The lowest BCUT2D eigenvalue weighted by Crippen LogP contribution is -2.31. The normalized spacial score (nSPS) is 15.2. The molecule has 1 aliphatic rings. The van der Waals surface area contributed by atoms with Crippen LogP contribution in [0.15, 0.2) is 77.3 Å². The van der Waals surface area contributed by atoms with Gasteiger partial charge in [0.05, 0.1) is 12.2 Å². The lowest BCUT2D eigenvalue weighted by atomic mass is 9.97. The molecule has 0 radical (unpaired) electrons. The van der Waals surface area contributed by atoms with Crippen molar-refractivity contribution in [3.05, 3.63) is 99.5 Å². The molecule has 1 atom stereocenters. The van der Waals surface area contributed by atoms with Gasteiger partial charge in [0.1, 0.15) is 6.10 Å². The predicted molar refractivity (Wildman–Crippen MR) is 120 cm³/mol. The van der Waals surface area contributed by atoms with Gasteiger partial charge < -0.3 is 15.4 Å². The van der Waals surface area contributed by atoms with Crippen molar-refractivity contribution in [3.63, 3.8) is 0 Å². The fourth-order valence-electron chi connectivity index (χ4n) is 3.48. The zero-order valence-electron chi connectivity index (χ0n) is 16.2. The number of anilines is 1. The summed E-state index contributed by atoms with van der Waals surface area (Å²) < 4.78 is 6.57. The summed E-state index contributed by atoms with van der Waals surface area (Å²) in [5.41, 5.74) is 4.10. The van der Waals surface area contributed by atoms with E-state index in [1.807, 2.05) is 36.4 Å². The first-order chi connectivity index (χ1) is 14.6. The molecular formula is C24H21BrN2O3. The number of carbonyl (C=O) groups excluding carboxylic acids is 2. The molecule has 4 rings (SSSR count). The van der Waals surface area contributed by atoms with E-state index in [1.165, 1.54) is 5.56 Å². The van der Waals surface area contributed by atoms with Crippen molar-refractivity contribution in [1.29, 1.82) is 0 Å². The van der Waals surface area contributed by atoms with E-state index in [0.717, 1.165) is 16.5 Å². The smallest absolute Gasteiger partial charge is 0.256 e. The predicted octanol–water partition coefficient (Wildman–Crippen LogP) is 4.75. The largest absolute Gasteiger partial charge is 0.371 e. The molecule has 1 heterocycles. The number of carbonyl (C=O) groups is 2. The Balaban J connectivity index is 1.36. The second-order valence-corrected chi connectivity index (χ2v) is 7.88. The molecule has 0 unspecified atom stereocenters. The molecule has 0 bridgehead atoms. The maximum atomic E-state index is 12.5. The van der Waals surface area contributed by atoms with Gasteiger partial charge in [-0.25, -0.2) is 0 Å². The van der Waals surface area contributed by atoms with Crippen LogP contribution in [0.25, 0.3) is 0 Å². The number of benzene rings is 3. The van der Waals surface area contributed by atoms with Crippen LogP contribution in [0.2, 0.25) is 0 Å². The fourth-order valence-corrected chi connectivity index (χ4v) is 3.95. The first-order valence-electron chi connectivity index (χ1n) is 9.75. The third kappa shape index (κ3) is 4.61. The second kappa shape index (κ2) is 9.24. The molecule has 30 heavy (non-hydrogen) atoms. The summed E-state index contributed by atoms with van der Waals surface area (Å²) in [6.45, 7) is 1.07. The Hall–Kier alpha value is -2.96. The zero-order chi connectivity index (χ0) is 20.9. The van der Waals surface area contributed by atoms with Crippen LogP contribution in [0.4, 0.5) is 5.69 Å². The van der Waals surface area contributed by atoms with Crippen molar-refractivity contribution in [2.45, 2.75) is 12.5 Å². The van der Waals surface area contributed by atoms with E-state index in [9.17, 15) is 9.59 Å². The van der Waals surface area contributed by atoms with Gasteiger partial charge in [0, 0.05) is 22.3 Å². The summed E-state index contributed by atoms with van der Waals surface area (Å²) in [6, 6.07) is 22.2. The average Bonchev–Trinajstić information content (AvgIpc) is 2.78. The van der Waals surface area contributed by atoms with E-state index < -0.39 is 0 Å². The van der Waals surface area contributed by atoms with Crippen LogP contribution in [0.3, 0.4) is 0 Å². The molecule has 3 aromatic rings.